The van der Waals surface area contributed by atoms with Gasteiger partial charge in [-0.25, -0.2) is 0 Å². The number of aromatic nitrogens is 1. The molecule has 0 radical (unpaired) electrons. The molecule has 7 heteroatoms. The van der Waals surface area contributed by atoms with Crippen molar-refractivity contribution in [3.05, 3.63) is 40.0 Å². The van der Waals surface area contributed by atoms with E-state index in [4.69, 9.17) is 26.8 Å². The quantitative estimate of drug-likeness (QED) is 0.783. The van der Waals surface area contributed by atoms with E-state index in [0.29, 0.717) is 23.5 Å². The molecule has 2 rings (SSSR count). The minimum Gasteiger partial charge on any atom is -0.491 e. The third-order valence-corrected chi connectivity index (χ3v) is 3.50. The minimum absolute atomic E-state index is 0.0789. The molecule has 1 aromatic heterocycles. The lowest BCUT2D eigenvalue weighted by molar-refractivity contribution is 0.201. The number of benzene rings is 1. The largest absolute Gasteiger partial charge is 0.491 e. The normalized spacial score (nSPS) is 9.83. The molecule has 0 bridgehead atoms. The van der Waals surface area contributed by atoms with Crippen molar-refractivity contribution in [3.8, 4) is 34.9 Å². The van der Waals surface area contributed by atoms with Gasteiger partial charge in [0.25, 0.3) is 0 Å². The fourth-order valence-corrected chi connectivity index (χ4v) is 2.46. The molecule has 122 valence electrons. The first kappa shape index (κ1) is 17.5. The maximum atomic E-state index is 9.52. The molecule has 0 aliphatic carbocycles. The van der Waals surface area contributed by atoms with Crippen molar-refractivity contribution in [2.45, 2.75) is 6.92 Å². The predicted molar refractivity (Wildman–Crippen MR) is 90.2 cm³/mol. The summed E-state index contributed by atoms with van der Waals surface area (Å²) in [6.45, 7) is 2.27. The SMILES string of the molecule is CCOc1[nH]c(=S)c(C#N)c(-c2ccc(OCCO)cc2)c1C#N. The number of pyridine rings is 1. The zero-order chi connectivity index (χ0) is 17.5. The predicted octanol–water partition coefficient (Wildman–Crippen LogP) is 2.92. The number of nitrogens with zero attached hydrogens (tertiary/aromatic N) is 2. The van der Waals surface area contributed by atoms with Gasteiger partial charge in [-0.3, -0.25) is 0 Å². The Kier molecular flexibility index (Phi) is 5.91. The average molecular weight is 341 g/mol. The molecule has 0 unspecified atom stereocenters. The summed E-state index contributed by atoms with van der Waals surface area (Å²) in [6, 6.07) is 11.0. The summed E-state index contributed by atoms with van der Waals surface area (Å²) in [4.78, 5) is 2.79. The summed E-state index contributed by atoms with van der Waals surface area (Å²) in [5.74, 6) is 0.829. The van der Waals surface area contributed by atoms with E-state index in [1.54, 1.807) is 31.2 Å². The summed E-state index contributed by atoms with van der Waals surface area (Å²) in [5.41, 5.74) is 1.53. The number of hydrogen-bond acceptors (Lipinski definition) is 6. The molecule has 0 spiro atoms. The highest BCUT2D eigenvalue weighted by atomic mass is 32.1. The molecule has 1 aromatic carbocycles. The maximum Gasteiger partial charge on any atom is 0.210 e. The highest BCUT2D eigenvalue weighted by molar-refractivity contribution is 7.71. The van der Waals surface area contributed by atoms with Crippen molar-refractivity contribution in [2.75, 3.05) is 19.8 Å². The van der Waals surface area contributed by atoms with Gasteiger partial charge >= 0.3 is 0 Å². The molecule has 0 saturated carbocycles. The molecular formula is C17H15N3O3S. The van der Waals surface area contributed by atoms with Crippen LogP contribution >= 0.6 is 12.2 Å². The molecule has 0 saturated heterocycles. The maximum absolute atomic E-state index is 9.52. The number of aliphatic hydroxyl groups excluding tert-OH is 1. The van der Waals surface area contributed by atoms with Gasteiger partial charge in [0.05, 0.1) is 18.8 Å². The first-order valence-corrected chi connectivity index (χ1v) is 7.64. The molecule has 0 fully saturated rings. The van der Waals surface area contributed by atoms with E-state index < -0.39 is 0 Å². The van der Waals surface area contributed by atoms with Crippen LogP contribution in [-0.2, 0) is 0 Å². The standard InChI is InChI=1S/C17H15N3O3S/c1-2-22-16-13(9-18)15(14(10-19)17(24)20-16)11-3-5-12(6-4-11)23-8-7-21/h3-6,21H,2,7-8H2,1H3,(H,20,24). The van der Waals surface area contributed by atoms with E-state index in [1.165, 1.54) is 0 Å². The van der Waals surface area contributed by atoms with E-state index in [-0.39, 0.29) is 34.9 Å². The van der Waals surface area contributed by atoms with Gasteiger partial charge in [-0.15, -0.1) is 0 Å². The Labute approximate surface area is 144 Å². The lowest BCUT2D eigenvalue weighted by Crippen LogP contribution is -2.03. The van der Waals surface area contributed by atoms with Crippen molar-refractivity contribution >= 4 is 12.2 Å². The highest BCUT2D eigenvalue weighted by Crippen LogP contribution is 2.33. The molecule has 0 aliphatic rings. The second-order valence-electron chi connectivity index (χ2n) is 4.66. The second-order valence-corrected chi connectivity index (χ2v) is 5.07. The van der Waals surface area contributed by atoms with Gasteiger partial charge in [0.1, 0.15) is 34.7 Å². The summed E-state index contributed by atoms with van der Waals surface area (Å²) < 4.78 is 11.0. The number of H-pyrrole nitrogens is 1. The lowest BCUT2D eigenvalue weighted by Gasteiger charge is -2.13. The van der Waals surface area contributed by atoms with Gasteiger partial charge < -0.3 is 19.6 Å². The van der Waals surface area contributed by atoms with Crippen LogP contribution in [0.15, 0.2) is 24.3 Å². The van der Waals surface area contributed by atoms with Crippen LogP contribution in [0.1, 0.15) is 18.1 Å². The van der Waals surface area contributed by atoms with E-state index >= 15 is 0 Å². The van der Waals surface area contributed by atoms with Crippen LogP contribution in [0.5, 0.6) is 11.6 Å². The zero-order valence-electron chi connectivity index (χ0n) is 13.0. The first-order valence-electron chi connectivity index (χ1n) is 7.23. The van der Waals surface area contributed by atoms with Crippen LogP contribution in [0.2, 0.25) is 0 Å². The topological polar surface area (TPSA) is 102 Å². The molecule has 0 aliphatic heterocycles. The van der Waals surface area contributed by atoms with Gasteiger partial charge in [0.15, 0.2) is 0 Å². The van der Waals surface area contributed by atoms with Gasteiger partial charge in [-0.1, -0.05) is 24.4 Å². The Morgan fingerprint density at radius 1 is 1.12 bits per heavy atom. The Bertz CT molecular complexity index is 861. The second kappa shape index (κ2) is 8.11. The fraction of sp³-hybridized carbons (Fsp3) is 0.235. The van der Waals surface area contributed by atoms with Crippen LogP contribution < -0.4 is 9.47 Å². The fourth-order valence-electron chi connectivity index (χ4n) is 2.22. The Balaban J connectivity index is 2.62. The van der Waals surface area contributed by atoms with Crippen molar-refractivity contribution in [1.29, 1.82) is 10.5 Å². The zero-order valence-corrected chi connectivity index (χ0v) is 13.8. The number of aliphatic hydroxyl groups is 1. The number of ether oxygens (including phenoxy) is 2. The summed E-state index contributed by atoms with van der Waals surface area (Å²) in [6.07, 6.45) is 0. The number of nitriles is 2. The number of nitrogens with one attached hydrogen (secondary N) is 1. The van der Waals surface area contributed by atoms with Crippen LogP contribution in [0.4, 0.5) is 0 Å². The highest BCUT2D eigenvalue weighted by Gasteiger charge is 2.18. The number of hydrogen-bond donors (Lipinski definition) is 2. The van der Waals surface area contributed by atoms with Gasteiger partial charge in [0, 0.05) is 5.56 Å². The van der Waals surface area contributed by atoms with E-state index in [0.717, 1.165) is 0 Å². The smallest absolute Gasteiger partial charge is 0.210 e. The molecule has 0 atom stereocenters. The Hall–Kier alpha value is -2.87. The molecule has 6 nitrogen and oxygen atoms in total. The van der Waals surface area contributed by atoms with E-state index in [2.05, 4.69) is 11.1 Å². The third-order valence-electron chi connectivity index (χ3n) is 3.20. The van der Waals surface area contributed by atoms with Gasteiger partial charge in [0.2, 0.25) is 5.88 Å². The molecule has 1 heterocycles. The van der Waals surface area contributed by atoms with Gasteiger partial charge in [-0.2, -0.15) is 10.5 Å². The van der Waals surface area contributed by atoms with Crippen LogP contribution in [0.25, 0.3) is 11.1 Å². The monoisotopic (exact) mass is 341 g/mol. The Morgan fingerprint density at radius 3 is 2.33 bits per heavy atom. The summed E-state index contributed by atoms with van der Waals surface area (Å²) in [7, 11) is 0. The minimum atomic E-state index is -0.0789. The summed E-state index contributed by atoms with van der Waals surface area (Å²) >= 11 is 5.21. The van der Waals surface area contributed by atoms with Crippen LogP contribution in [-0.4, -0.2) is 29.9 Å². The molecule has 24 heavy (non-hydrogen) atoms. The number of rotatable bonds is 6. The van der Waals surface area contributed by atoms with E-state index in [9.17, 15) is 10.5 Å². The van der Waals surface area contributed by atoms with Gasteiger partial charge in [-0.05, 0) is 24.6 Å². The first-order chi connectivity index (χ1) is 11.7. The Morgan fingerprint density at radius 2 is 1.79 bits per heavy atom. The number of aromatic amines is 1. The lowest BCUT2D eigenvalue weighted by atomic mass is 9.97. The van der Waals surface area contributed by atoms with Crippen LogP contribution in [0, 0.1) is 27.3 Å². The summed E-state index contributed by atoms with van der Waals surface area (Å²) in [5, 5.41) is 27.7. The van der Waals surface area contributed by atoms with Crippen molar-refractivity contribution in [3.63, 3.8) is 0 Å². The van der Waals surface area contributed by atoms with E-state index in [1.807, 2.05) is 6.07 Å². The molecular weight excluding hydrogens is 326 g/mol. The molecule has 2 aromatic rings. The van der Waals surface area contributed by atoms with Crippen molar-refractivity contribution in [2.24, 2.45) is 0 Å². The van der Waals surface area contributed by atoms with Crippen molar-refractivity contribution in [1.82, 2.24) is 4.98 Å². The molecule has 0 amide bonds. The molecule has 2 N–H and O–H groups in total. The average Bonchev–Trinajstić information content (AvgIpc) is 2.60. The van der Waals surface area contributed by atoms with Crippen LogP contribution in [0.3, 0.4) is 0 Å². The van der Waals surface area contributed by atoms with Crippen molar-refractivity contribution < 1.29 is 14.6 Å². The third kappa shape index (κ3) is 3.54.